The number of alkyl halides is 6. The molecule has 2 heterocycles. The Bertz CT molecular complexity index is 2480. The standard InChI is InChI=1S/2C28H30F3NO4/c2*1-4-6-10-26(36-23-16-13-21(19(3)17-23)18-35-27(33)34-5-2)25-9-7-8-24(32-25)20-11-14-22(15-12-20)28(29,30)31/h2*7-9,11-17,26H,4-6,10,18H2,1-3H3/t2*26-/m10/s1. The van der Waals surface area contributed by atoms with Crippen LogP contribution in [0.1, 0.15) is 123 Å². The first-order valence-corrected chi connectivity index (χ1v) is 23.8. The van der Waals surface area contributed by atoms with Crippen molar-refractivity contribution >= 4 is 12.3 Å². The molecule has 6 rings (SSSR count). The summed E-state index contributed by atoms with van der Waals surface area (Å²) in [5.41, 5.74) is 5.84. The lowest BCUT2D eigenvalue weighted by Crippen LogP contribution is -2.11. The van der Waals surface area contributed by atoms with E-state index in [0.717, 1.165) is 85.0 Å². The number of aromatic nitrogens is 2. The topological polar surface area (TPSA) is 115 Å². The van der Waals surface area contributed by atoms with Gasteiger partial charge in [0.05, 0.1) is 47.1 Å². The van der Waals surface area contributed by atoms with Gasteiger partial charge in [-0.2, -0.15) is 26.3 Å². The maximum atomic E-state index is 12.9. The van der Waals surface area contributed by atoms with Crippen molar-refractivity contribution in [2.24, 2.45) is 0 Å². The fourth-order valence-corrected chi connectivity index (χ4v) is 7.28. The van der Waals surface area contributed by atoms with Crippen LogP contribution in [0.4, 0.5) is 35.9 Å². The van der Waals surface area contributed by atoms with Crippen LogP contribution in [-0.4, -0.2) is 35.5 Å². The normalized spacial score (nSPS) is 12.2. The molecule has 72 heavy (non-hydrogen) atoms. The van der Waals surface area contributed by atoms with E-state index in [1.165, 1.54) is 24.3 Å². The monoisotopic (exact) mass is 1000 g/mol. The molecular weight excluding hydrogens is 943 g/mol. The highest BCUT2D eigenvalue weighted by molar-refractivity contribution is 5.62. The summed E-state index contributed by atoms with van der Waals surface area (Å²) in [6, 6.07) is 31.9. The summed E-state index contributed by atoms with van der Waals surface area (Å²) in [5, 5.41) is 0. The second kappa shape index (κ2) is 26.9. The summed E-state index contributed by atoms with van der Waals surface area (Å²) in [5.74, 6) is 1.30. The second-order valence-corrected chi connectivity index (χ2v) is 16.7. The Morgan fingerprint density at radius 1 is 0.500 bits per heavy atom. The zero-order valence-electron chi connectivity index (χ0n) is 41.2. The molecule has 0 unspecified atom stereocenters. The van der Waals surface area contributed by atoms with E-state index in [1.807, 2.05) is 74.5 Å². The molecule has 0 aliphatic heterocycles. The molecule has 4 aromatic carbocycles. The van der Waals surface area contributed by atoms with Crippen LogP contribution in [0, 0.1) is 13.8 Å². The number of unbranched alkanes of at least 4 members (excludes halogenated alkanes) is 2. The zero-order chi connectivity index (χ0) is 52.3. The number of nitrogens with zero attached hydrogens (tertiary/aromatic N) is 2. The van der Waals surface area contributed by atoms with Crippen molar-refractivity contribution in [3.63, 3.8) is 0 Å². The maximum absolute atomic E-state index is 12.9. The molecule has 0 aliphatic rings. The number of aryl methyl sites for hydroxylation is 2. The zero-order valence-corrected chi connectivity index (χ0v) is 41.2. The quantitative estimate of drug-likeness (QED) is 0.0541. The number of carbonyl (C=O) groups is 2. The highest BCUT2D eigenvalue weighted by atomic mass is 19.4. The smallest absolute Gasteiger partial charge is 0.484 e. The van der Waals surface area contributed by atoms with Crippen molar-refractivity contribution in [3.8, 4) is 34.0 Å². The lowest BCUT2D eigenvalue weighted by Gasteiger charge is -2.20. The van der Waals surface area contributed by atoms with Gasteiger partial charge in [-0.15, -0.1) is 0 Å². The van der Waals surface area contributed by atoms with Gasteiger partial charge in [-0.1, -0.05) is 75.2 Å². The highest BCUT2D eigenvalue weighted by Crippen LogP contribution is 2.34. The van der Waals surface area contributed by atoms with E-state index in [0.29, 0.717) is 45.4 Å². The predicted octanol–water partition coefficient (Wildman–Crippen LogP) is 16.1. The lowest BCUT2D eigenvalue weighted by molar-refractivity contribution is -0.138. The summed E-state index contributed by atoms with van der Waals surface area (Å²) in [6.07, 6.45) is -5.62. The molecule has 0 aliphatic carbocycles. The molecule has 0 N–H and O–H groups in total. The molecule has 0 bridgehead atoms. The van der Waals surface area contributed by atoms with Gasteiger partial charge in [0.15, 0.2) is 0 Å². The van der Waals surface area contributed by atoms with Gasteiger partial charge in [0.1, 0.15) is 36.9 Å². The Kier molecular flexibility index (Phi) is 20.9. The average molecular weight is 1000 g/mol. The average Bonchev–Trinajstić information content (AvgIpc) is 3.36. The minimum absolute atomic E-state index is 0.0982. The number of pyridine rings is 2. The Balaban J connectivity index is 0.000000267. The first-order valence-electron chi connectivity index (χ1n) is 23.8. The van der Waals surface area contributed by atoms with Crippen LogP contribution < -0.4 is 9.47 Å². The third kappa shape index (κ3) is 17.0. The number of carbonyl (C=O) groups excluding carboxylic acids is 2. The molecule has 0 amide bonds. The van der Waals surface area contributed by atoms with Crippen LogP contribution >= 0.6 is 0 Å². The number of benzene rings is 4. The van der Waals surface area contributed by atoms with Gasteiger partial charge < -0.3 is 28.4 Å². The van der Waals surface area contributed by atoms with Crippen molar-refractivity contribution in [1.29, 1.82) is 0 Å². The number of hydrogen-bond donors (Lipinski definition) is 0. The molecule has 10 nitrogen and oxygen atoms in total. The third-order valence-corrected chi connectivity index (χ3v) is 11.3. The molecule has 0 spiro atoms. The van der Waals surface area contributed by atoms with Crippen molar-refractivity contribution in [2.75, 3.05) is 13.2 Å². The SMILES string of the molecule is CCCC[C@@H](Oc1ccc(COC(=O)OCC)c(C)c1)c1cccc(-c2ccc(C(F)(F)F)cc2)n1.CCCC[C@H](Oc1ccc(COC(=O)OCC)c(C)c1)c1cccc(-c2ccc(C(F)(F)F)cc2)n1. The van der Waals surface area contributed by atoms with Gasteiger partial charge in [0.2, 0.25) is 0 Å². The van der Waals surface area contributed by atoms with Gasteiger partial charge >= 0.3 is 24.7 Å². The van der Waals surface area contributed by atoms with Crippen LogP contribution in [0.5, 0.6) is 11.5 Å². The Morgan fingerprint density at radius 3 is 1.19 bits per heavy atom. The molecule has 2 atom stereocenters. The summed E-state index contributed by atoms with van der Waals surface area (Å²) in [4.78, 5) is 32.3. The first kappa shape index (κ1) is 55.8. The van der Waals surface area contributed by atoms with Gasteiger partial charge in [0, 0.05) is 11.1 Å². The molecular formula is C56H60F6N2O8. The Labute approximate surface area is 416 Å². The van der Waals surface area contributed by atoms with E-state index in [4.69, 9.17) is 38.4 Å². The molecule has 0 fully saturated rings. The number of rotatable bonds is 20. The number of ether oxygens (including phenoxy) is 6. The molecule has 0 radical (unpaired) electrons. The van der Waals surface area contributed by atoms with E-state index >= 15 is 0 Å². The van der Waals surface area contributed by atoms with Gasteiger partial charge in [-0.3, -0.25) is 0 Å². The minimum atomic E-state index is -4.38. The van der Waals surface area contributed by atoms with Crippen molar-refractivity contribution in [3.05, 3.63) is 166 Å². The largest absolute Gasteiger partial charge is 0.508 e. The van der Waals surface area contributed by atoms with Gasteiger partial charge in [-0.25, -0.2) is 19.6 Å². The molecule has 0 saturated heterocycles. The summed E-state index contributed by atoms with van der Waals surface area (Å²) in [7, 11) is 0. The van der Waals surface area contributed by atoms with Crippen LogP contribution in [0.3, 0.4) is 0 Å². The maximum Gasteiger partial charge on any atom is 0.508 e. The molecule has 384 valence electrons. The second-order valence-electron chi connectivity index (χ2n) is 16.7. The Hall–Kier alpha value is -7.10. The number of hydrogen-bond acceptors (Lipinski definition) is 10. The van der Waals surface area contributed by atoms with E-state index in [2.05, 4.69) is 13.8 Å². The van der Waals surface area contributed by atoms with Crippen LogP contribution in [-0.2, 0) is 44.5 Å². The fourth-order valence-electron chi connectivity index (χ4n) is 7.28. The lowest BCUT2D eigenvalue weighted by atomic mass is 10.0. The van der Waals surface area contributed by atoms with E-state index in [1.54, 1.807) is 26.0 Å². The van der Waals surface area contributed by atoms with Gasteiger partial charge in [0.25, 0.3) is 0 Å². The van der Waals surface area contributed by atoms with Crippen molar-refractivity contribution < 1.29 is 64.4 Å². The van der Waals surface area contributed by atoms with Crippen molar-refractivity contribution in [2.45, 2.75) is 118 Å². The van der Waals surface area contributed by atoms with Crippen LogP contribution in [0.15, 0.2) is 121 Å². The van der Waals surface area contributed by atoms with Gasteiger partial charge in [-0.05, 0) is 148 Å². The molecule has 16 heteroatoms. The third-order valence-electron chi connectivity index (χ3n) is 11.3. The number of halogens is 6. The first-order chi connectivity index (χ1) is 34.4. The van der Waals surface area contributed by atoms with E-state index in [9.17, 15) is 35.9 Å². The molecule has 0 saturated carbocycles. The fraction of sp³-hybridized carbons (Fsp3) is 0.357. The summed E-state index contributed by atoms with van der Waals surface area (Å²) < 4.78 is 110. The summed E-state index contributed by atoms with van der Waals surface area (Å²) >= 11 is 0. The van der Waals surface area contributed by atoms with E-state index < -0.39 is 35.8 Å². The van der Waals surface area contributed by atoms with Crippen molar-refractivity contribution in [1.82, 2.24) is 9.97 Å². The molecule has 6 aromatic rings. The Morgan fingerprint density at radius 2 is 0.875 bits per heavy atom. The highest BCUT2D eigenvalue weighted by Gasteiger charge is 2.31. The molecule has 2 aromatic heterocycles. The van der Waals surface area contributed by atoms with Crippen LogP contribution in [0.2, 0.25) is 0 Å². The minimum Gasteiger partial charge on any atom is -0.484 e. The summed E-state index contributed by atoms with van der Waals surface area (Å²) in [6.45, 7) is 12.1. The van der Waals surface area contributed by atoms with Crippen LogP contribution in [0.25, 0.3) is 22.5 Å². The van der Waals surface area contributed by atoms with E-state index in [-0.39, 0.29) is 38.6 Å². The predicted molar refractivity (Wildman–Crippen MR) is 261 cm³/mol.